The van der Waals surface area contributed by atoms with Crippen LogP contribution in [0.3, 0.4) is 0 Å². The van der Waals surface area contributed by atoms with Gasteiger partial charge in [-0.1, -0.05) is 12.1 Å². The summed E-state index contributed by atoms with van der Waals surface area (Å²) in [5.41, 5.74) is 3.47. The Kier molecular flexibility index (Phi) is 4.70. The predicted octanol–water partition coefficient (Wildman–Crippen LogP) is 1.84. The summed E-state index contributed by atoms with van der Waals surface area (Å²) in [5, 5.41) is 3.37. The molecule has 1 aromatic carbocycles. The van der Waals surface area contributed by atoms with Gasteiger partial charge in [0.2, 0.25) is 0 Å². The zero-order valence-electron chi connectivity index (χ0n) is 12.4. The van der Waals surface area contributed by atoms with E-state index in [9.17, 15) is 8.42 Å². The largest absolute Gasteiger partial charge is 0.496 e. The molecule has 0 radical (unpaired) electrons. The third kappa shape index (κ3) is 3.73. The molecule has 0 amide bonds. The molecule has 1 N–H and O–H groups in total. The number of methoxy groups -OCH3 is 1. The predicted molar refractivity (Wildman–Crippen MR) is 80.9 cm³/mol. The summed E-state index contributed by atoms with van der Waals surface area (Å²) in [7, 11) is -1.08. The molecule has 112 valence electrons. The van der Waals surface area contributed by atoms with Gasteiger partial charge in [0.1, 0.15) is 5.75 Å². The molecule has 1 fully saturated rings. The summed E-state index contributed by atoms with van der Waals surface area (Å²) in [6.45, 7) is 5.61. The summed E-state index contributed by atoms with van der Waals surface area (Å²) in [6.07, 6.45) is 0.788. The van der Waals surface area contributed by atoms with Gasteiger partial charge < -0.3 is 10.1 Å². The Bertz CT molecular complexity index is 558. The van der Waals surface area contributed by atoms with Crippen LogP contribution in [0.5, 0.6) is 5.75 Å². The van der Waals surface area contributed by atoms with Crippen LogP contribution in [0.1, 0.15) is 23.1 Å². The first-order chi connectivity index (χ1) is 9.41. The first-order valence-corrected chi connectivity index (χ1v) is 8.78. The van der Waals surface area contributed by atoms with E-state index >= 15 is 0 Å². The van der Waals surface area contributed by atoms with Crippen molar-refractivity contribution < 1.29 is 13.2 Å². The van der Waals surface area contributed by atoms with Crippen molar-refractivity contribution in [3.63, 3.8) is 0 Å². The quantitative estimate of drug-likeness (QED) is 0.901. The van der Waals surface area contributed by atoms with Gasteiger partial charge in [-0.05, 0) is 49.4 Å². The van der Waals surface area contributed by atoms with E-state index in [0.29, 0.717) is 11.5 Å². The first kappa shape index (κ1) is 15.3. The Labute approximate surface area is 121 Å². The fourth-order valence-electron chi connectivity index (χ4n) is 2.92. The van der Waals surface area contributed by atoms with Crippen LogP contribution in [0.4, 0.5) is 0 Å². The van der Waals surface area contributed by atoms with E-state index in [1.165, 1.54) is 5.56 Å². The average molecular weight is 297 g/mol. The minimum absolute atomic E-state index is 0.264. The molecular formula is C15H23NO3S. The van der Waals surface area contributed by atoms with Crippen molar-refractivity contribution in [1.82, 2.24) is 5.32 Å². The van der Waals surface area contributed by atoms with Crippen molar-refractivity contribution in [2.45, 2.75) is 26.8 Å². The van der Waals surface area contributed by atoms with Crippen molar-refractivity contribution in [2.75, 3.05) is 25.2 Å². The van der Waals surface area contributed by atoms with Crippen molar-refractivity contribution >= 4 is 9.84 Å². The van der Waals surface area contributed by atoms with Gasteiger partial charge >= 0.3 is 0 Å². The Morgan fingerprint density at radius 2 is 1.95 bits per heavy atom. The van der Waals surface area contributed by atoms with Gasteiger partial charge in [0, 0.05) is 6.54 Å². The molecular weight excluding hydrogens is 274 g/mol. The van der Waals surface area contributed by atoms with Crippen LogP contribution < -0.4 is 10.1 Å². The molecule has 0 saturated carbocycles. The van der Waals surface area contributed by atoms with Gasteiger partial charge in [0.15, 0.2) is 9.84 Å². The molecule has 1 aromatic rings. The summed E-state index contributed by atoms with van der Waals surface area (Å²) in [6, 6.07) is 4.23. The fourth-order valence-corrected chi connectivity index (χ4v) is 4.78. The molecule has 0 unspecified atom stereocenters. The molecule has 4 nitrogen and oxygen atoms in total. The van der Waals surface area contributed by atoms with Gasteiger partial charge in [0.05, 0.1) is 18.6 Å². The Morgan fingerprint density at radius 3 is 2.45 bits per heavy atom. The van der Waals surface area contributed by atoms with Gasteiger partial charge in [-0.3, -0.25) is 0 Å². The number of hydrogen-bond acceptors (Lipinski definition) is 4. The topological polar surface area (TPSA) is 55.4 Å². The summed E-state index contributed by atoms with van der Waals surface area (Å²) in [5.74, 6) is 1.89. The van der Waals surface area contributed by atoms with E-state index in [1.54, 1.807) is 7.11 Å². The minimum Gasteiger partial charge on any atom is -0.496 e. The highest BCUT2D eigenvalue weighted by atomic mass is 32.2. The Balaban J connectivity index is 1.89. The van der Waals surface area contributed by atoms with Crippen molar-refractivity contribution in [2.24, 2.45) is 5.92 Å². The monoisotopic (exact) mass is 297 g/mol. The molecule has 0 aromatic heterocycles. The molecule has 5 heteroatoms. The van der Waals surface area contributed by atoms with E-state index in [4.69, 9.17) is 4.74 Å². The minimum atomic E-state index is -2.77. The van der Waals surface area contributed by atoms with Crippen molar-refractivity contribution in [3.8, 4) is 5.75 Å². The van der Waals surface area contributed by atoms with Crippen LogP contribution in [0.15, 0.2) is 12.1 Å². The lowest BCUT2D eigenvalue weighted by atomic mass is 10.1. The highest BCUT2D eigenvalue weighted by Crippen LogP contribution is 2.24. The summed E-state index contributed by atoms with van der Waals surface area (Å²) < 4.78 is 28.1. The van der Waals surface area contributed by atoms with Crippen LogP contribution in [-0.4, -0.2) is 33.6 Å². The lowest BCUT2D eigenvalue weighted by Gasteiger charge is -2.13. The molecule has 2 rings (SSSR count). The average Bonchev–Trinajstić information content (AvgIpc) is 2.69. The molecule has 1 saturated heterocycles. The zero-order valence-corrected chi connectivity index (χ0v) is 13.2. The summed E-state index contributed by atoms with van der Waals surface area (Å²) in [4.78, 5) is 0. The van der Waals surface area contributed by atoms with Crippen LogP contribution >= 0.6 is 0 Å². The third-order valence-electron chi connectivity index (χ3n) is 3.81. The van der Waals surface area contributed by atoms with Crippen molar-refractivity contribution in [3.05, 3.63) is 28.8 Å². The number of rotatable bonds is 5. The third-order valence-corrected chi connectivity index (χ3v) is 5.65. The standard InChI is InChI=1S/C15H23NO3S/c1-11-6-14(7-12(2)15(11)19-3)9-16-8-13-4-5-20(17,18)10-13/h6-7,13,16H,4-5,8-10H2,1-3H3/t13-/m0/s1. The van der Waals surface area contributed by atoms with E-state index in [1.807, 2.05) is 13.8 Å². The zero-order chi connectivity index (χ0) is 14.8. The number of hydrogen-bond donors (Lipinski definition) is 1. The number of ether oxygens (including phenoxy) is 1. The van der Waals surface area contributed by atoms with Crippen LogP contribution in [0, 0.1) is 19.8 Å². The number of aryl methyl sites for hydroxylation is 2. The van der Waals surface area contributed by atoms with Crippen molar-refractivity contribution in [1.29, 1.82) is 0 Å². The maximum absolute atomic E-state index is 11.4. The molecule has 1 aliphatic rings. The van der Waals surface area contributed by atoms with E-state index in [2.05, 4.69) is 17.4 Å². The number of benzene rings is 1. The molecule has 0 aliphatic carbocycles. The highest BCUT2D eigenvalue weighted by molar-refractivity contribution is 7.91. The molecule has 1 atom stereocenters. The van der Waals surface area contributed by atoms with Gasteiger partial charge in [-0.15, -0.1) is 0 Å². The second-order valence-electron chi connectivity index (χ2n) is 5.66. The van der Waals surface area contributed by atoms with E-state index in [-0.39, 0.29) is 5.92 Å². The fraction of sp³-hybridized carbons (Fsp3) is 0.600. The van der Waals surface area contributed by atoms with Crippen LogP contribution in [0.25, 0.3) is 0 Å². The van der Waals surface area contributed by atoms with E-state index in [0.717, 1.165) is 36.4 Å². The van der Waals surface area contributed by atoms with Gasteiger partial charge in [0.25, 0.3) is 0 Å². The second kappa shape index (κ2) is 6.14. The van der Waals surface area contributed by atoms with Gasteiger partial charge in [-0.25, -0.2) is 8.42 Å². The normalized spacial score (nSPS) is 21.1. The first-order valence-electron chi connectivity index (χ1n) is 6.96. The SMILES string of the molecule is COc1c(C)cc(CNC[C@@H]2CCS(=O)(=O)C2)cc1C. The van der Waals surface area contributed by atoms with Crippen LogP contribution in [-0.2, 0) is 16.4 Å². The van der Waals surface area contributed by atoms with E-state index < -0.39 is 9.84 Å². The lowest BCUT2D eigenvalue weighted by Crippen LogP contribution is -2.23. The maximum Gasteiger partial charge on any atom is 0.150 e. The second-order valence-corrected chi connectivity index (χ2v) is 7.89. The smallest absolute Gasteiger partial charge is 0.150 e. The van der Waals surface area contributed by atoms with Gasteiger partial charge in [-0.2, -0.15) is 0 Å². The molecule has 0 bridgehead atoms. The molecule has 0 spiro atoms. The summed E-state index contributed by atoms with van der Waals surface area (Å²) >= 11 is 0. The van der Waals surface area contributed by atoms with Crippen LogP contribution in [0.2, 0.25) is 0 Å². The molecule has 1 heterocycles. The lowest BCUT2D eigenvalue weighted by molar-refractivity contribution is 0.408. The Morgan fingerprint density at radius 1 is 1.30 bits per heavy atom. The maximum atomic E-state index is 11.4. The molecule has 1 aliphatic heterocycles. The highest BCUT2D eigenvalue weighted by Gasteiger charge is 2.27. The molecule has 20 heavy (non-hydrogen) atoms. The number of nitrogens with one attached hydrogen (secondary N) is 1. The number of sulfone groups is 1. The Hall–Kier alpha value is -1.07.